The first-order valence-corrected chi connectivity index (χ1v) is 8.65. The molecule has 4 rings (SSSR count). The summed E-state index contributed by atoms with van der Waals surface area (Å²) in [7, 11) is 0. The minimum atomic E-state index is -1.19. The molecule has 1 aliphatic heterocycles. The lowest BCUT2D eigenvalue weighted by atomic mass is 9.93. The number of hydrazine groups is 1. The first-order valence-electron chi connectivity index (χ1n) is 7.89. The average Bonchev–Trinajstić information content (AvgIpc) is 3.21. The summed E-state index contributed by atoms with van der Waals surface area (Å²) in [6.07, 6.45) is 1.57. The van der Waals surface area contributed by atoms with E-state index in [1.165, 1.54) is 6.07 Å². The fourth-order valence-corrected chi connectivity index (χ4v) is 3.76. The Labute approximate surface area is 175 Å². The fourth-order valence-electron chi connectivity index (χ4n) is 3.17. The molecular formula is C18H13Cl3N4O3. The maximum atomic E-state index is 12.4. The van der Waals surface area contributed by atoms with E-state index >= 15 is 0 Å². The van der Waals surface area contributed by atoms with Crippen LogP contribution in [0.25, 0.3) is 16.5 Å². The molecule has 0 spiro atoms. The van der Waals surface area contributed by atoms with Gasteiger partial charge in [-0.1, -0.05) is 29.3 Å². The molecule has 1 saturated heterocycles. The Morgan fingerprint density at radius 2 is 2.00 bits per heavy atom. The molecular weight excluding hydrogens is 427 g/mol. The Hall–Kier alpha value is -2.58. The van der Waals surface area contributed by atoms with Crippen molar-refractivity contribution in [3.63, 3.8) is 0 Å². The van der Waals surface area contributed by atoms with Crippen molar-refractivity contribution in [3.05, 3.63) is 69.1 Å². The van der Waals surface area contributed by atoms with E-state index < -0.39 is 5.97 Å². The van der Waals surface area contributed by atoms with Crippen molar-refractivity contribution in [1.82, 2.24) is 20.8 Å². The summed E-state index contributed by atoms with van der Waals surface area (Å²) >= 11 is 12.5. The number of H-pyrrole nitrogens is 1. The van der Waals surface area contributed by atoms with Crippen LogP contribution in [0.3, 0.4) is 0 Å². The molecule has 7 nitrogen and oxygen atoms in total. The Morgan fingerprint density at radius 3 is 2.61 bits per heavy atom. The summed E-state index contributed by atoms with van der Waals surface area (Å²) in [5, 5.41) is 10.9. The van der Waals surface area contributed by atoms with Crippen LogP contribution in [-0.4, -0.2) is 33.5 Å². The minimum absolute atomic E-state index is 0. The molecule has 0 atom stereocenters. The number of rotatable bonds is 3. The molecule has 3 heterocycles. The third-order valence-corrected chi connectivity index (χ3v) is 4.76. The van der Waals surface area contributed by atoms with Gasteiger partial charge < -0.3 is 10.1 Å². The highest BCUT2D eigenvalue weighted by Gasteiger charge is 2.30. The normalized spacial score (nSPS) is 15.3. The second kappa shape index (κ2) is 7.81. The lowest BCUT2D eigenvalue weighted by Crippen LogP contribution is -2.25. The van der Waals surface area contributed by atoms with Gasteiger partial charge in [-0.15, -0.1) is 12.4 Å². The number of hydrogen-bond donors (Lipinski definition) is 4. The molecule has 1 fully saturated rings. The van der Waals surface area contributed by atoms with Crippen molar-refractivity contribution in [2.24, 2.45) is 0 Å². The van der Waals surface area contributed by atoms with E-state index in [9.17, 15) is 14.7 Å². The quantitative estimate of drug-likeness (QED) is 0.468. The predicted octanol–water partition coefficient (Wildman–Crippen LogP) is 3.43. The van der Waals surface area contributed by atoms with Crippen LogP contribution in [0.2, 0.25) is 10.0 Å². The number of benzene rings is 1. The highest BCUT2D eigenvalue weighted by atomic mass is 35.5. The lowest BCUT2D eigenvalue weighted by molar-refractivity contribution is -0.116. The van der Waals surface area contributed by atoms with E-state index in [4.69, 9.17) is 23.2 Å². The topological polar surface area (TPSA) is 107 Å². The van der Waals surface area contributed by atoms with Crippen LogP contribution >= 0.6 is 35.6 Å². The largest absolute Gasteiger partial charge is 0.477 e. The van der Waals surface area contributed by atoms with Gasteiger partial charge in [0.25, 0.3) is 5.91 Å². The van der Waals surface area contributed by atoms with Crippen LogP contribution in [0.1, 0.15) is 21.7 Å². The van der Waals surface area contributed by atoms with Gasteiger partial charge in [-0.25, -0.2) is 10.2 Å². The Balaban J connectivity index is 0.00000225. The number of nitrogens with zero attached hydrogens (tertiary/aromatic N) is 1. The zero-order valence-electron chi connectivity index (χ0n) is 14.0. The molecule has 10 heteroatoms. The average molecular weight is 440 g/mol. The van der Waals surface area contributed by atoms with E-state index in [0.29, 0.717) is 38.3 Å². The molecule has 28 heavy (non-hydrogen) atoms. The molecule has 1 aliphatic rings. The number of fused-ring (bicyclic) bond motifs is 1. The van der Waals surface area contributed by atoms with Gasteiger partial charge in [0.15, 0.2) is 0 Å². The van der Waals surface area contributed by atoms with Gasteiger partial charge in [-0.2, -0.15) is 0 Å². The van der Waals surface area contributed by atoms with E-state index in [1.807, 2.05) is 0 Å². The summed E-state index contributed by atoms with van der Waals surface area (Å²) in [5.41, 5.74) is 7.15. The van der Waals surface area contributed by atoms with E-state index in [1.54, 1.807) is 30.5 Å². The molecule has 144 valence electrons. The summed E-state index contributed by atoms with van der Waals surface area (Å²) in [4.78, 5) is 31.5. The van der Waals surface area contributed by atoms with Gasteiger partial charge >= 0.3 is 5.97 Å². The molecule has 2 aromatic heterocycles. The molecule has 0 saturated carbocycles. The van der Waals surface area contributed by atoms with Crippen LogP contribution in [0.4, 0.5) is 0 Å². The molecule has 3 aromatic rings. The number of aromatic carboxylic acids is 1. The Kier molecular flexibility index (Phi) is 5.62. The zero-order chi connectivity index (χ0) is 19.1. The smallest absolute Gasteiger partial charge is 0.352 e. The third kappa shape index (κ3) is 3.33. The van der Waals surface area contributed by atoms with Crippen LogP contribution in [0.5, 0.6) is 0 Å². The molecule has 0 aliphatic carbocycles. The zero-order valence-corrected chi connectivity index (χ0v) is 16.4. The van der Waals surface area contributed by atoms with Crippen LogP contribution in [0.15, 0.2) is 42.1 Å². The maximum absolute atomic E-state index is 12.4. The van der Waals surface area contributed by atoms with Gasteiger partial charge in [0.1, 0.15) is 5.69 Å². The third-order valence-electron chi connectivity index (χ3n) is 4.24. The number of halogens is 3. The van der Waals surface area contributed by atoms with Gasteiger partial charge in [-0.3, -0.25) is 15.2 Å². The van der Waals surface area contributed by atoms with Gasteiger partial charge in [0.2, 0.25) is 0 Å². The van der Waals surface area contributed by atoms with E-state index in [0.717, 1.165) is 0 Å². The SMILES string of the molecule is Cl.O=C1NNCC1=C(c1ccccn1)c1c(C(=O)O)[nH]c2cc(Cl)cc(Cl)c12. The molecule has 0 radical (unpaired) electrons. The molecule has 4 N–H and O–H groups in total. The summed E-state index contributed by atoms with van der Waals surface area (Å²) < 4.78 is 0. The van der Waals surface area contributed by atoms with Crippen molar-refractivity contribution in [3.8, 4) is 0 Å². The Bertz CT molecular complexity index is 1130. The Morgan fingerprint density at radius 1 is 1.21 bits per heavy atom. The monoisotopic (exact) mass is 438 g/mol. The number of amides is 1. The number of carboxylic acids is 1. The summed E-state index contributed by atoms with van der Waals surface area (Å²) in [5.74, 6) is -1.54. The number of carboxylic acid groups (broad SMARTS) is 1. The number of hydrogen-bond acceptors (Lipinski definition) is 4. The number of carbonyl (C=O) groups is 2. The van der Waals surface area contributed by atoms with Crippen molar-refractivity contribution in [2.75, 3.05) is 6.54 Å². The van der Waals surface area contributed by atoms with E-state index in [2.05, 4.69) is 20.8 Å². The minimum Gasteiger partial charge on any atom is -0.477 e. The van der Waals surface area contributed by atoms with Crippen molar-refractivity contribution in [1.29, 1.82) is 0 Å². The number of aromatic nitrogens is 2. The molecule has 0 bridgehead atoms. The fraction of sp³-hybridized carbons (Fsp3) is 0.0556. The first kappa shape index (κ1) is 20.2. The number of nitrogens with one attached hydrogen (secondary N) is 3. The molecule has 0 unspecified atom stereocenters. The second-order valence-corrected chi connectivity index (χ2v) is 6.71. The number of pyridine rings is 1. The molecule has 1 amide bonds. The number of carbonyl (C=O) groups excluding carboxylic acids is 1. The van der Waals surface area contributed by atoms with Gasteiger partial charge in [0.05, 0.1) is 10.7 Å². The molecule has 1 aromatic carbocycles. The highest BCUT2D eigenvalue weighted by molar-refractivity contribution is 6.39. The van der Waals surface area contributed by atoms with Crippen molar-refractivity contribution in [2.45, 2.75) is 0 Å². The van der Waals surface area contributed by atoms with Crippen LogP contribution in [0, 0.1) is 0 Å². The van der Waals surface area contributed by atoms with Crippen LogP contribution < -0.4 is 10.9 Å². The maximum Gasteiger partial charge on any atom is 0.352 e. The van der Waals surface area contributed by atoms with Crippen LogP contribution in [-0.2, 0) is 4.79 Å². The van der Waals surface area contributed by atoms with Gasteiger partial charge in [0, 0.05) is 45.4 Å². The standard InChI is InChI=1S/C18H12Cl2N4O3.ClH/c19-8-5-10(20)14-12(6-8)23-16(18(26)27)15(14)13(9-7-22-24-17(9)25)11-3-1-2-4-21-11;/h1-6,22-23H,7H2,(H,24,25)(H,26,27);1H. The highest BCUT2D eigenvalue weighted by Crippen LogP contribution is 2.39. The number of aromatic amines is 1. The van der Waals surface area contributed by atoms with Crippen molar-refractivity contribution >= 4 is 64.0 Å². The van der Waals surface area contributed by atoms with E-state index in [-0.39, 0.29) is 35.6 Å². The summed E-state index contributed by atoms with van der Waals surface area (Å²) in [6.45, 7) is 0.210. The predicted molar refractivity (Wildman–Crippen MR) is 109 cm³/mol. The van der Waals surface area contributed by atoms with Gasteiger partial charge in [-0.05, 0) is 24.3 Å². The second-order valence-electron chi connectivity index (χ2n) is 5.87. The van der Waals surface area contributed by atoms with Crippen molar-refractivity contribution < 1.29 is 14.7 Å². The first-order chi connectivity index (χ1) is 13.0. The summed E-state index contributed by atoms with van der Waals surface area (Å²) in [6, 6.07) is 8.33. The lowest BCUT2D eigenvalue weighted by Gasteiger charge is -2.11.